The lowest BCUT2D eigenvalue weighted by Gasteiger charge is -2.19. The highest BCUT2D eigenvalue weighted by molar-refractivity contribution is 5.39. The van der Waals surface area contributed by atoms with Crippen molar-refractivity contribution in [3.05, 3.63) is 59.7 Å². The molecule has 1 N–H and O–H groups in total. The van der Waals surface area contributed by atoms with Gasteiger partial charge in [0.25, 0.3) is 0 Å². The van der Waals surface area contributed by atoms with Crippen LogP contribution in [0.4, 0.5) is 0 Å². The summed E-state index contributed by atoms with van der Waals surface area (Å²) >= 11 is 0. The molecule has 0 aliphatic carbocycles. The van der Waals surface area contributed by atoms with Crippen LogP contribution in [0.1, 0.15) is 18.1 Å². The predicted octanol–water partition coefficient (Wildman–Crippen LogP) is 2.31. The fourth-order valence-electron chi connectivity index (χ4n) is 2.49. The fraction of sp³-hybridized carbons (Fsp3) is 0.333. The molecule has 0 aromatic heterocycles. The first-order chi connectivity index (χ1) is 10.3. The summed E-state index contributed by atoms with van der Waals surface area (Å²) in [6.07, 6.45) is 0. The summed E-state index contributed by atoms with van der Waals surface area (Å²) < 4.78 is 10.8. The molecule has 3 heteroatoms. The third-order valence-electron chi connectivity index (χ3n) is 3.72. The molecule has 0 fully saturated rings. The van der Waals surface area contributed by atoms with E-state index in [-0.39, 0.29) is 0 Å². The standard InChI is InChI=1S/C18H23NO2/c1-4-19(13-15-8-6-5-7-9-15)14-16-12-17(20-2)10-11-18(16)21-3/h5-12H,4,13-14H2,1-3H3/p+1. The van der Waals surface area contributed by atoms with Crippen molar-refractivity contribution in [3.63, 3.8) is 0 Å². The van der Waals surface area contributed by atoms with E-state index in [1.807, 2.05) is 12.1 Å². The Kier molecular flexibility index (Phi) is 5.64. The minimum Gasteiger partial charge on any atom is -0.497 e. The third kappa shape index (κ3) is 4.23. The number of hydrogen-bond donors (Lipinski definition) is 1. The van der Waals surface area contributed by atoms with E-state index in [1.165, 1.54) is 16.0 Å². The maximum absolute atomic E-state index is 5.47. The molecule has 0 spiro atoms. The Hall–Kier alpha value is -2.00. The summed E-state index contributed by atoms with van der Waals surface area (Å²) in [5.41, 5.74) is 2.54. The number of benzene rings is 2. The van der Waals surface area contributed by atoms with E-state index in [2.05, 4.69) is 43.3 Å². The molecule has 2 aromatic carbocycles. The molecule has 0 amide bonds. The molecule has 21 heavy (non-hydrogen) atoms. The Labute approximate surface area is 127 Å². The van der Waals surface area contributed by atoms with Gasteiger partial charge in [0.1, 0.15) is 24.6 Å². The number of rotatable bonds is 7. The van der Waals surface area contributed by atoms with Crippen molar-refractivity contribution in [2.24, 2.45) is 0 Å². The van der Waals surface area contributed by atoms with Gasteiger partial charge in [0, 0.05) is 5.56 Å². The molecule has 3 nitrogen and oxygen atoms in total. The van der Waals surface area contributed by atoms with Crippen LogP contribution in [0.3, 0.4) is 0 Å². The van der Waals surface area contributed by atoms with Crippen molar-refractivity contribution >= 4 is 0 Å². The molecule has 0 bridgehead atoms. The van der Waals surface area contributed by atoms with Gasteiger partial charge in [-0.25, -0.2) is 0 Å². The van der Waals surface area contributed by atoms with Gasteiger partial charge < -0.3 is 14.4 Å². The molecule has 0 saturated heterocycles. The van der Waals surface area contributed by atoms with Crippen molar-refractivity contribution in [1.29, 1.82) is 0 Å². The van der Waals surface area contributed by atoms with E-state index in [9.17, 15) is 0 Å². The quantitative estimate of drug-likeness (QED) is 0.844. The van der Waals surface area contributed by atoms with Crippen molar-refractivity contribution in [1.82, 2.24) is 0 Å². The molecule has 2 aromatic rings. The van der Waals surface area contributed by atoms with Gasteiger partial charge in [0.05, 0.1) is 26.3 Å². The second kappa shape index (κ2) is 7.70. The minimum atomic E-state index is 0.876. The first kappa shape index (κ1) is 15.4. The monoisotopic (exact) mass is 286 g/mol. The molecule has 0 saturated carbocycles. The minimum absolute atomic E-state index is 0.876. The summed E-state index contributed by atoms with van der Waals surface area (Å²) in [4.78, 5) is 1.49. The number of methoxy groups -OCH3 is 2. The molecule has 0 heterocycles. The maximum Gasteiger partial charge on any atom is 0.127 e. The number of hydrogen-bond acceptors (Lipinski definition) is 2. The molecule has 0 radical (unpaired) electrons. The molecule has 1 unspecified atom stereocenters. The average Bonchev–Trinajstić information content (AvgIpc) is 2.55. The van der Waals surface area contributed by atoms with Crippen LogP contribution < -0.4 is 14.4 Å². The van der Waals surface area contributed by atoms with Gasteiger partial charge in [-0.1, -0.05) is 30.3 Å². The lowest BCUT2D eigenvalue weighted by molar-refractivity contribution is -0.925. The zero-order chi connectivity index (χ0) is 15.1. The van der Waals surface area contributed by atoms with Crippen LogP contribution in [0.5, 0.6) is 11.5 Å². The van der Waals surface area contributed by atoms with Crippen molar-refractivity contribution in [2.75, 3.05) is 20.8 Å². The zero-order valence-corrected chi connectivity index (χ0v) is 13.1. The summed E-state index contributed by atoms with van der Waals surface area (Å²) in [5, 5.41) is 0. The Balaban J connectivity index is 2.14. The second-order valence-corrected chi connectivity index (χ2v) is 5.12. The van der Waals surface area contributed by atoms with E-state index >= 15 is 0 Å². The highest BCUT2D eigenvalue weighted by atomic mass is 16.5. The largest absolute Gasteiger partial charge is 0.497 e. The third-order valence-corrected chi connectivity index (χ3v) is 3.72. The Morgan fingerprint density at radius 2 is 1.67 bits per heavy atom. The first-order valence-electron chi connectivity index (χ1n) is 7.35. The van der Waals surface area contributed by atoms with Crippen molar-refractivity contribution < 1.29 is 14.4 Å². The van der Waals surface area contributed by atoms with E-state index < -0.39 is 0 Å². The van der Waals surface area contributed by atoms with Crippen LogP contribution in [0.15, 0.2) is 48.5 Å². The number of nitrogens with one attached hydrogen (secondary N) is 1. The highest BCUT2D eigenvalue weighted by Crippen LogP contribution is 2.23. The summed E-state index contributed by atoms with van der Waals surface area (Å²) in [7, 11) is 3.41. The smallest absolute Gasteiger partial charge is 0.127 e. The van der Waals surface area contributed by atoms with E-state index in [4.69, 9.17) is 9.47 Å². The van der Waals surface area contributed by atoms with Gasteiger partial charge in [-0.2, -0.15) is 0 Å². The molecular formula is C18H24NO2+. The maximum atomic E-state index is 5.47. The van der Waals surface area contributed by atoms with Crippen molar-refractivity contribution in [3.8, 4) is 11.5 Å². The van der Waals surface area contributed by atoms with Gasteiger partial charge in [-0.3, -0.25) is 0 Å². The van der Waals surface area contributed by atoms with Gasteiger partial charge in [0.15, 0.2) is 0 Å². The molecular weight excluding hydrogens is 262 g/mol. The van der Waals surface area contributed by atoms with Gasteiger partial charge >= 0.3 is 0 Å². The van der Waals surface area contributed by atoms with Crippen LogP contribution in [0, 0.1) is 0 Å². The number of quaternary nitrogens is 1. The first-order valence-corrected chi connectivity index (χ1v) is 7.35. The molecule has 0 aliphatic rings. The SMILES string of the molecule is CC[NH+](Cc1ccccc1)Cc1cc(OC)ccc1OC. The predicted molar refractivity (Wildman–Crippen MR) is 84.9 cm³/mol. The van der Waals surface area contributed by atoms with E-state index in [0.717, 1.165) is 31.1 Å². The lowest BCUT2D eigenvalue weighted by atomic mass is 10.1. The second-order valence-electron chi connectivity index (χ2n) is 5.12. The van der Waals surface area contributed by atoms with Gasteiger partial charge in [0.2, 0.25) is 0 Å². The lowest BCUT2D eigenvalue weighted by Crippen LogP contribution is -3.09. The molecule has 2 rings (SSSR count). The summed E-state index contributed by atoms with van der Waals surface area (Å²) in [5.74, 6) is 1.80. The topological polar surface area (TPSA) is 22.9 Å². The highest BCUT2D eigenvalue weighted by Gasteiger charge is 2.13. The van der Waals surface area contributed by atoms with Crippen LogP contribution in [-0.2, 0) is 13.1 Å². The zero-order valence-electron chi connectivity index (χ0n) is 13.1. The van der Waals surface area contributed by atoms with Gasteiger partial charge in [-0.05, 0) is 25.1 Å². The Morgan fingerprint density at radius 3 is 2.29 bits per heavy atom. The van der Waals surface area contributed by atoms with Crippen LogP contribution in [0.25, 0.3) is 0 Å². The molecule has 1 atom stereocenters. The van der Waals surface area contributed by atoms with Crippen LogP contribution in [0.2, 0.25) is 0 Å². The van der Waals surface area contributed by atoms with Gasteiger partial charge in [-0.15, -0.1) is 0 Å². The average molecular weight is 286 g/mol. The summed E-state index contributed by atoms with van der Waals surface area (Å²) in [6, 6.07) is 16.6. The van der Waals surface area contributed by atoms with Crippen LogP contribution in [-0.4, -0.2) is 20.8 Å². The summed E-state index contributed by atoms with van der Waals surface area (Å²) in [6.45, 7) is 5.21. The van der Waals surface area contributed by atoms with E-state index in [1.54, 1.807) is 14.2 Å². The van der Waals surface area contributed by atoms with E-state index in [0.29, 0.717) is 0 Å². The Morgan fingerprint density at radius 1 is 0.905 bits per heavy atom. The Bertz CT molecular complexity index is 554. The number of ether oxygens (including phenoxy) is 2. The van der Waals surface area contributed by atoms with Crippen molar-refractivity contribution in [2.45, 2.75) is 20.0 Å². The molecule has 0 aliphatic heterocycles. The fourth-order valence-corrected chi connectivity index (χ4v) is 2.49. The normalized spacial score (nSPS) is 12.0. The van der Waals surface area contributed by atoms with Crippen LogP contribution >= 0.6 is 0 Å². The molecule has 112 valence electrons.